The Morgan fingerprint density at radius 3 is 2.31 bits per heavy atom. The van der Waals surface area contributed by atoms with E-state index in [1.165, 1.54) is 0 Å². The van der Waals surface area contributed by atoms with Crippen molar-refractivity contribution in [2.45, 2.75) is 52.0 Å². The summed E-state index contributed by atoms with van der Waals surface area (Å²) in [7, 11) is -3.45. The van der Waals surface area contributed by atoms with Crippen molar-refractivity contribution in [2.24, 2.45) is 0 Å². The van der Waals surface area contributed by atoms with E-state index in [1.54, 1.807) is 0 Å². The van der Waals surface area contributed by atoms with Crippen molar-refractivity contribution in [1.82, 2.24) is 4.72 Å². The molecule has 0 saturated carbocycles. The molecule has 0 aromatic heterocycles. The lowest BCUT2D eigenvalue weighted by molar-refractivity contribution is -0.139. The van der Waals surface area contributed by atoms with Crippen LogP contribution in [0.15, 0.2) is 0 Å². The van der Waals surface area contributed by atoms with Crippen molar-refractivity contribution in [3.8, 4) is 0 Å². The molecular formula is C10H21NO4S. The van der Waals surface area contributed by atoms with Crippen LogP contribution < -0.4 is 4.72 Å². The molecule has 0 rings (SSSR count). The molecule has 0 amide bonds. The molecule has 0 aliphatic carbocycles. The van der Waals surface area contributed by atoms with Crippen LogP contribution in [0.4, 0.5) is 0 Å². The SMILES string of the molecule is CCCCCS(=O)(=O)NC(CCC)C(=O)O. The molecule has 0 aromatic carbocycles. The Balaban J connectivity index is 4.25. The van der Waals surface area contributed by atoms with Gasteiger partial charge >= 0.3 is 5.97 Å². The van der Waals surface area contributed by atoms with Crippen LogP contribution in [0.3, 0.4) is 0 Å². The lowest BCUT2D eigenvalue weighted by Gasteiger charge is -2.13. The van der Waals surface area contributed by atoms with Gasteiger partial charge in [-0.05, 0) is 12.8 Å². The lowest BCUT2D eigenvalue weighted by atomic mass is 10.2. The van der Waals surface area contributed by atoms with Gasteiger partial charge in [-0.25, -0.2) is 13.1 Å². The second-order valence-corrected chi connectivity index (χ2v) is 5.70. The van der Waals surface area contributed by atoms with Crippen molar-refractivity contribution >= 4 is 16.0 Å². The van der Waals surface area contributed by atoms with Gasteiger partial charge in [-0.3, -0.25) is 4.79 Å². The normalized spacial score (nSPS) is 13.6. The predicted octanol–water partition coefficient (Wildman–Crippen LogP) is 1.35. The average Bonchev–Trinajstić information content (AvgIpc) is 2.17. The van der Waals surface area contributed by atoms with E-state index in [0.717, 1.165) is 12.8 Å². The molecule has 0 saturated heterocycles. The first-order chi connectivity index (χ1) is 7.43. The Morgan fingerprint density at radius 2 is 1.88 bits per heavy atom. The van der Waals surface area contributed by atoms with E-state index < -0.39 is 22.0 Å². The summed E-state index contributed by atoms with van der Waals surface area (Å²) in [5.74, 6) is -1.10. The highest BCUT2D eigenvalue weighted by molar-refractivity contribution is 7.89. The molecule has 0 aliphatic heterocycles. The molecule has 6 heteroatoms. The quantitative estimate of drug-likeness (QED) is 0.606. The summed E-state index contributed by atoms with van der Waals surface area (Å²) in [5, 5.41) is 8.81. The highest BCUT2D eigenvalue weighted by Gasteiger charge is 2.22. The van der Waals surface area contributed by atoms with E-state index in [1.807, 2.05) is 13.8 Å². The standard InChI is InChI=1S/C10H21NO4S/c1-3-5-6-8-16(14,15)11-9(7-4-2)10(12)13/h9,11H,3-8H2,1-2H3,(H,12,13). The Labute approximate surface area is 97.3 Å². The van der Waals surface area contributed by atoms with Crippen LogP contribution in [0, 0.1) is 0 Å². The zero-order chi connectivity index (χ0) is 12.6. The first-order valence-corrected chi connectivity index (χ1v) is 7.31. The molecule has 1 atom stereocenters. The lowest BCUT2D eigenvalue weighted by Crippen LogP contribution is -2.41. The van der Waals surface area contributed by atoms with E-state index in [0.29, 0.717) is 19.3 Å². The molecule has 0 aliphatic rings. The number of rotatable bonds is 9. The Hall–Kier alpha value is -0.620. The number of carboxylic acid groups (broad SMARTS) is 1. The molecule has 0 spiro atoms. The van der Waals surface area contributed by atoms with E-state index in [9.17, 15) is 13.2 Å². The third-order valence-electron chi connectivity index (χ3n) is 2.21. The zero-order valence-corrected chi connectivity index (χ0v) is 10.7. The van der Waals surface area contributed by atoms with Gasteiger partial charge in [0.25, 0.3) is 0 Å². The van der Waals surface area contributed by atoms with E-state index in [4.69, 9.17) is 5.11 Å². The number of carboxylic acids is 1. The van der Waals surface area contributed by atoms with Crippen LogP contribution >= 0.6 is 0 Å². The Morgan fingerprint density at radius 1 is 1.25 bits per heavy atom. The summed E-state index contributed by atoms with van der Waals surface area (Å²) >= 11 is 0. The van der Waals surface area contributed by atoms with Crippen molar-refractivity contribution < 1.29 is 18.3 Å². The number of aliphatic carboxylic acids is 1. The highest BCUT2D eigenvalue weighted by Crippen LogP contribution is 2.02. The van der Waals surface area contributed by atoms with Crippen LogP contribution in [-0.2, 0) is 14.8 Å². The monoisotopic (exact) mass is 251 g/mol. The van der Waals surface area contributed by atoms with Crippen LogP contribution in [0.5, 0.6) is 0 Å². The van der Waals surface area contributed by atoms with Gasteiger partial charge in [-0.15, -0.1) is 0 Å². The van der Waals surface area contributed by atoms with Gasteiger partial charge in [-0.2, -0.15) is 0 Å². The second kappa shape index (κ2) is 7.62. The van der Waals surface area contributed by atoms with Crippen LogP contribution in [0.2, 0.25) is 0 Å². The third kappa shape index (κ3) is 6.79. The molecule has 2 N–H and O–H groups in total. The molecule has 0 heterocycles. The van der Waals surface area contributed by atoms with E-state index >= 15 is 0 Å². The Bertz CT molecular complexity index is 300. The molecule has 96 valence electrons. The maximum Gasteiger partial charge on any atom is 0.321 e. The number of carbonyl (C=O) groups is 1. The third-order valence-corrected chi connectivity index (χ3v) is 3.68. The van der Waals surface area contributed by atoms with Crippen molar-refractivity contribution in [1.29, 1.82) is 0 Å². The fraction of sp³-hybridized carbons (Fsp3) is 0.900. The maximum atomic E-state index is 11.5. The van der Waals surface area contributed by atoms with Crippen molar-refractivity contribution in [3.63, 3.8) is 0 Å². The second-order valence-electron chi connectivity index (χ2n) is 3.82. The van der Waals surface area contributed by atoms with Gasteiger partial charge in [-0.1, -0.05) is 33.1 Å². The first kappa shape index (κ1) is 15.4. The number of nitrogens with one attached hydrogen (secondary N) is 1. The van der Waals surface area contributed by atoms with Gasteiger partial charge in [0, 0.05) is 0 Å². The summed E-state index contributed by atoms with van der Waals surface area (Å²) in [6.45, 7) is 3.80. The molecular weight excluding hydrogens is 230 g/mol. The number of hydrogen-bond donors (Lipinski definition) is 2. The van der Waals surface area contributed by atoms with Gasteiger partial charge in [0.1, 0.15) is 6.04 Å². The van der Waals surface area contributed by atoms with Crippen molar-refractivity contribution in [3.05, 3.63) is 0 Å². The van der Waals surface area contributed by atoms with Gasteiger partial charge in [0.05, 0.1) is 5.75 Å². The summed E-state index contributed by atoms with van der Waals surface area (Å²) < 4.78 is 25.3. The van der Waals surface area contributed by atoms with E-state index in [2.05, 4.69) is 4.72 Å². The molecule has 0 fully saturated rings. The highest BCUT2D eigenvalue weighted by atomic mass is 32.2. The van der Waals surface area contributed by atoms with Crippen LogP contribution in [0.25, 0.3) is 0 Å². The summed E-state index contributed by atoms with van der Waals surface area (Å²) in [6.07, 6.45) is 3.31. The molecule has 16 heavy (non-hydrogen) atoms. The molecule has 0 radical (unpaired) electrons. The predicted molar refractivity (Wildman–Crippen MR) is 62.8 cm³/mol. The molecule has 0 bridgehead atoms. The van der Waals surface area contributed by atoms with Gasteiger partial charge in [0.2, 0.25) is 10.0 Å². The first-order valence-electron chi connectivity index (χ1n) is 5.65. The van der Waals surface area contributed by atoms with Crippen LogP contribution in [0.1, 0.15) is 46.0 Å². The minimum Gasteiger partial charge on any atom is -0.480 e. The molecule has 1 unspecified atom stereocenters. The largest absolute Gasteiger partial charge is 0.480 e. The number of sulfonamides is 1. The zero-order valence-electron chi connectivity index (χ0n) is 9.90. The summed E-state index contributed by atoms with van der Waals surface area (Å²) in [5.41, 5.74) is 0. The van der Waals surface area contributed by atoms with Crippen LogP contribution in [-0.4, -0.2) is 31.3 Å². The fourth-order valence-corrected chi connectivity index (χ4v) is 2.69. The minimum atomic E-state index is -3.45. The number of unbranched alkanes of at least 4 members (excludes halogenated alkanes) is 2. The molecule has 5 nitrogen and oxygen atoms in total. The average molecular weight is 251 g/mol. The fourth-order valence-electron chi connectivity index (χ4n) is 1.34. The number of hydrogen-bond acceptors (Lipinski definition) is 3. The van der Waals surface area contributed by atoms with E-state index in [-0.39, 0.29) is 5.75 Å². The summed E-state index contributed by atoms with van der Waals surface area (Å²) in [4.78, 5) is 10.8. The molecule has 0 aromatic rings. The maximum absolute atomic E-state index is 11.5. The van der Waals surface area contributed by atoms with Gasteiger partial charge < -0.3 is 5.11 Å². The topological polar surface area (TPSA) is 83.5 Å². The van der Waals surface area contributed by atoms with Crippen molar-refractivity contribution in [2.75, 3.05) is 5.75 Å². The summed E-state index contributed by atoms with van der Waals surface area (Å²) in [6, 6.07) is -0.989. The van der Waals surface area contributed by atoms with Gasteiger partial charge in [0.15, 0.2) is 0 Å². The Kier molecular flexibility index (Phi) is 7.33. The smallest absolute Gasteiger partial charge is 0.321 e. The minimum absolute atomic E-state index is 0.00827.